The Hall–Kier alpha value is -1.74. The molecule has 1 N–H and O–H groups in total. The molecule has 2 aromatic rings. The van der Waals surface area contributed by atoms with Crippen LogP contribution in [0.15, 0.2) is 64.6 Å². The van der Waals surface area contributed by atoms with Crippen molar-refractivity contribution in [1.29, 1.82) is 0 Å². The third-order valence-electron chi connectivity index (χ3n) is 3.14. The summed E-state index contributed by atoms with van der Waals surface area (Å²) in [7, 11) is 0. The zero-order valence-corrected chi connectivity index (χ0v) is 10.6. The van der Waals surface area contributed by atoms with E-state index >= 15 is 0 Å². The highest BCUT2D eigenvalue weighted by atomic mass is 32.2. The van der Waals surface area contributed by atoms with Gasteiger partial charge in [0.2, 0.25) is 0 Å². The van der Waals surface area contributed by atoms with Crippen LogP contribution in [0.5, 0.6) is 0 Å². The number of nitrogens with zero attached hydrogens (tertiary/aromatic N) is 1. The number of hydrogen-bond donors (Lipinski definition) is 1. The summed E-state index contributed by atoms with van der Waals surface area (Å²) in [6.45, 7) is 0. The first-order valence-corrected chi connectivity index (χ1v) is 6.78. The van der Waals surface area contributed by atoms with Crippen LogP contribution < -0.4 is 0 Å². The summed E-state index contributed by atoms with van der Waals surface area (Å²) in [6, 6.07) is 18.5. The first-order chi connectivity index (χ1) is 8.88. The summed E-state index contributed by atoms with van der Waals surface area (Å²) in [4.78, 5) is 1.19. The topological polar surface area (TPSA) is 32.6 Å². The van der Waals surface area contributed by atoms with Crippen molar-refractivity contribution in [3.05, 3.63) is 65.7 Å². The maximum absolute atomic E-state index is 9.18. The van der Waals surface area contributed by atoms with Crippen molar-refractivity contribution in [3.8, 4) is 0 Å². The van der Waals surface area contributed by atoms with E-state index in [0.717, 1.165) is 17.7 Å². The van der Waals surface area contributed by atoms with Crippen LogP contribution in [0.2, 0.25) is 0 Å². The van der Waals surface area contributed by atoms with Crippen molar-refractivity contribution in [2.24, 2.45) is 5.16 Å². The average molecular weight is 255 g/mol. The van der Waals surface area contributed by atoms with Gasteiger partial charge in [0, 0.05) is 22.1 Å². The van der Waals surface area contributed by atoms with E-state index in [1.165, 1.54) is 10.5 Å². The van der Waals surface area contributed by atoms with Crippen LogP contribution in [0.1, 0.15) is 22.8 Å². The molecule has 0 saturated heterocycles. The quantitative estimate of drug-likeness (QED) is 0.614. The highest BCUT2D eigenvalue weighted by Crippen LogP contribution is 2.44. The van der Waals surface area contributed by atoms with Crippen LogP contribution in [0, 0.1) is 0 Å². The van der Waals surface area contributed by atoms with Gasteiger partial charge in [0.25, 0.3) is 0 Å². The van der Waals surface area contributed by atoms with E-state index in [2.05, 4.69) is 23.4 Å². The van der Waals surface area contributed by atoms with Crippen molar-refractivity contribution >= 4 is 17.5 Å². The van der Waals surface area contributed by atoms with E-state index in [9.17, 15) is 5.21 Å². The van der Waals surface area contributed by atoms with Crippen molar-refractivity contribution in [2.75, 3.05) is 0 Å². The van der Waals surface area contributed by atoms with Crippen LogP contribution in [0.3, 0.4) is 0 Å². The van der Waals surface area contributed by atoms with Gasteiger partial charge in [-0.15, -0.1) is 11.8 Å². The molecule has 0 fully saturated rings. The highest BCUT2D eigenvalue weighted by molar-refractivity contribution is 7.99. The molecular formula is C15H13NOS. The molecule has 0 aromatic heterocycles. The summed E-state index contributed by atoms with van der Waals surface area (Å²) < 4.78 is 0. The van der Waals surface area contributed by atoms with Crippen LogP contribution in [-0.2, 0) is 0 Å². The lowest BCUT2D eigenvalue weighted by atomic mass is 10.0. The van der Waals surface area contributed by atoms with Gasteiger partial charge in [0.15, 0.2) is 0 Å². The molecule has 0 spiro atoms. The molecule has 2 aromatic carbocycles. The number of oxime groups is 1. The van der Waals surface area contributed by atoms with Gasteiger partial charge in [-0.25, -0.2) is 0 Å². The molecule has 1 aliphatic heterocycles. The van der Waals surface area contributed by atoms with E-state index in [0.29, 0.717) is 5.25 Å². The second kappa shape index (κ2) is 4.86. The molecular weight excluding hydrogens is 242 g/mol. The Morgan fingerprint density at radius 2 is 1.72 bits per heavy atom. The summed E-state index contributed by atoms with van der Waals surface area (Å²) >= 11 is 1.84. The fraction of sp³-hybridized carbons (Fsp3) is 0.133. The van der Waals surface area contributed by atoms with Crippen molar-refractivity contribution < 1.29 is 5.21 Å². The normalized spacial score (nSPS) is 20.7. The van der Waals surface area contributed by atoms with Crippen molar-refractivity contribution in [3.63, 3.8) is 0 Å². The van der Waals surface area contributed by atoms with E-state index in [-0.39, 0.29) is 0 Å². The molecule has 1 aliphatic rings. The molecule has 0 unspecified atom stereocenters. The van der Waals surface area contributed by atoms with Crippen LogP contribution in [0.4, 0.5) is 0 Å². The summed E-state index contributed by atoms with van der Waals surface area (Å²) in [6.07, 6.45) is 0.766. The van der Waals surface area contributed by atoms with Gasteiger partial charge in [-0.2, -0.15) is 0 Å². The summed E-state index contributed by atoms with van der Waals surface area (Å²) in [5, 5.41) is 13.0. The first kappa shape index (κ1) is 11.4. The number of thioether (sulfide) groups is 1. The second-order valence-electron chi connectivity index (χ2n) is 4.26. The van der Waals surface area contributed by atoms with E-state index in [1.807, 2.05) is 48.2 Å². The Balaban J connectivity index is 2.00. The fourth-order valence-electron chi connectivity index (χ4n) is 2.24. The van der Waals surface area contributed by atoms with Gasteiger partial charge in [-0.3, -0.25) is 0 Å². The van der Waals surface area contributed by atoms with Crippen LogP contribution in [0.25, 0.3) is 0 Å². The summed E-state index contributed by atoms with van der Waals surface area (Å²) in [5.74, 6) is 0. The monoisotopic (exact) mass is 255 g/mol. The molecule has 3 rings (SSSR count). The molecule has 1 heterocycles. The molecule has 0 aliphatic carbocycles. The molecule has 90 valence electrons. The molecule has 2 nitrogen and oxygen atoms in total. The lowest BCUT2D eigenvalue weighted by Crippen LogP contribution is -2.13. The number of fused-ring (bicyclic) bond motifs is 1. The van der Waals surface area contributed by atoms with E-state index in [4.69, 9.17) is 0 Å². The lowest BCUT2D eigenvalue weighted by molar-refractivity contribution is 0.317. The predicted molar refractivity (Wildman–Crippen MR) is 74.4 cm³/mol. The molecule has 0 bridgehead atoms. The van der Waals surface area contributed by atoms with Gasteiger partial charge >= 0.3 is 0 Å². The number of rotatable bonds is 1. The minimum Gasteiger partial charge on any atom is -0.411 e. The first-order valence-electron chi connectivity index (χ1n) is 5.90. The molecule has 0 radical (unpaired) electrons. The smallest absolute Gasteiger partial charge is 0.0893 e. The summed E-state index contributed by atoms with van der Waals surface area (Å²) in [5.41, 5.74) is 3.11. The minimum atomic E-state index is 0.326. The average Bonchev–Trinajstić information content (AvgIpc) is 2.47. The van der Waals surface area contributed by atoms with Gasteiger partial charge in [0.1, 0.15) is 0 Å². The molecule has 18 heavy (non-hydrogen) atoms. The maximum Gasteiger partial charge on any atom is 0.0893 e. The zero-order valence-electron chi connectivity index (χ0n) is 9.78. The SMILES string of the molecule is ON=C1C[C@@H](c2ccccc2)Sc2ccccc21. The van der Waals surface area contributed by atoms with Gasteiger partial charge < -0.3 is 5.21 Å². The van der Waals surface area contributed by atoms with Gasteiger partial charge in [-0.05, 0) is 11.6 Å². The van der Waals surface area contributed by atoms with Crippen LogP contribution >= 0.6 is 11.8 Å². The van der Waals surface area contributed by atoms with Gasteiger partial charge in [-0.1, -0.05) is 53.7 Å². The van der Waals surface area contributed by atoms with Crippen molar-refractivity contribution in [2.45, 2.75) is 16.6 Å². The van der Waals surface area contributed by atoms with E-state index in [1.54, 1.807) is 0 Å². The largest absolute Gasteiger partial charge is 0.411 e. The zero-order chi connectivity index (χ0) is 12.4. The minimum absolute atomic E-state index is 0.326. The molecule has 3 heteroatoms. The Kier molecular flexibility index (Phi) is 3.07. The second-order valence-corrected chi connectivity index (χ2v) is 5.51. The van der Waals surface area contributed by atoms with Crippen LogP contribution in [-0.4, -0.2) is 10.9 Å². The molecule has 0 saturated carbocycles. The number of benzene rings is 2. The standard InChI is InChI=1S/C15H13NOS/c17-16-13-10-15(11-6-2-1-3-7-11)18-14-9-5-4-8-12(13)14/h1-9,15,17H,10H2/t15-/m0/s1. The third kappa shape index (κ3) is 2.02. The lowest BCUT2D eigenvalue weighted by Gasteiger charge is -2.24. The van der Waals surface area contributed by atoms with E-state index < -0.39 is 0 Å². The molecule has 1 atom stereocenters. The Bertz CT molecular complexity index is 580. The fourth-order valence-corrected chi connectivity index (χ4v) is 3.55. The van der Waals surface area contributed by atoms with Gasteiger partial charge in [0.05, 0.1) is 5.71 Å². The highest BCUT2D eigenvalue weighted by Gasteiger charge is 2.25. The predicted octanol–water partition coefficient (Wildman–Crippen LogP) is 4.10. The number of hydrogen-bond acceptors (Lipinski definition) is 3. The Morgan fingerprint density at radius 3 is 2.50 bits per heavy atom. The molecule has 0 amide bonds. The Labute approximate surface area is 110 Å². The van der Waals surface area contributed by atoms with Crippen molar-refractivity contribution in [1.82, 2.24) is 0 Å². The Morgan fingerprint density at radius 1 is 1.00 bits per heavy atom. The third-order valence-corrected chi connectivity index (χ3v) is 4.47. The maximum atomic E-state index is 9.18.